The van der Waals surface area contributed by atoms with Gasteiger partial charge >= 0.3 is 5.97 Å². The molecule has 0 amide bonds. The second-order valence-electron chi connectivity index (χ2n) is 18.9. The van der Waals surface area contributed by atoms with E-state index in [-0.39, 0.29) is 75.6 Å². The summed E-state index contributed by atoms with van der Waals surface area (Å²) in [5, 5.41) is 31.0. The molecule has 4 aliphatic heterocycles. The number of ether oxygens (including phenoxy) is 6. The summed E-state index contributed by atoms with van der Waals surface area (Å²) < 4.78 is 38.4. The molecule has 10 heteroatoms. The fourth-order valence-corrected chi connectivity index (χ4v) is 14.6. The molecule has 9 fully saturated rings. The Balaban J connectivity index is 1.03. The van der Waals surface area contributed by atoms with E-state index in [9.17, 15) is 20.1 Å². The Morgan fingerprint density at radius 1 is 0.872 bits per heavy atom. The van der Waals surface area contributed by atoms with Gasteiger partial charge in [0.2, 0.25) is 0 Å². The molecular formula is C37H56O10. The standard InChI is InChI=1S/C37H56O10/c1-18-12-37(30-33(6,47-30)17-43-37)46-21-13-32(5)23-9-8-22-31(3,4)24(45-29-28(41)27(40)20(39)15-42-29)10-11-35(22)16-36(23,35)14-25(44-19(2)38)34(32,7)26(18)21/h18,20-30,39-41H,8-17H2,1-7H3/t18-,20-,21?,22+,23+,24+,25-,26?,27+,28-,29?,30?,32+,33?,34-,35-,36+,37?/m1/s1. The number of rotatable bonds is 3. The lowest BCUT2D eigenvalue weighted by Gasteiger charge is -2.65. The predicted molar refractivity (Wildman–Crippen MR) is 166 cm³/mol. The van der Waals surface area contributed by atoms with Crippen LogP contribution >= 0.6 is 0 Å². The quantitative estimate of drug-likeness (QED) is 0.234. The maximum atomic E-state index is 12.9. The van der Waals surface area contributed by atoms with Crippen molar-refractivity contribution in [3.63, 3.8) is 0 Å². The smallest absolute Gasteiger partial charge is 0.302 e. The van der Waals surface area contributed by atoms with Crippen molar-refractivity contribution < 1.29 is 48.5 Å². The van der Waals surface area contributed by atoms with Crippen molar-refractivity contribution >= 4 is 5.97 Å². The van der Waals surface area contributed by atoms with Crippen LogP contribution in [0.5, 0.6) is 0 Å². The van der Waals surface area contributed by atoms with E-state index in [2.05, 4.69) is 41.5 Å². The van der Waals surface area contributed by atoms with Crippen LogP contribution in [0, 0.1) is 50.7 Å². The van der Waals surface area contributed by atoms with Crippen molar-refractivity contribution in [3.05, 3.63) is 0 Å². The van der Waals surface area contributed by atoms with Crippen molar-refractivity contribution in [1.29, 1.82) is 0 Å². The Morgan fingerprint density at radius 2 is 1.62 bits per heavy atom. The van der Waals surface area contributed by atoms with Gasteiger partial charge in [-0.1, -0.05) is 34.6 Å². The lowest BCUT2D eigenvalue weighted by atomic mass is 9.41. The number of fused-ring (bicyclic) bond motifs is 6. The zero-order valence-corrected chi connectivity index (χ0v) is 29.2. The first-order valence-corrected chi connectivity index (χ1v) is 18.5. The number of hydrogen-bond donors (Lipinski definition) is 3. The Morgan fingerprint density at radius 3 is 2.30 bits per heavy atom. The lowest BCUT2D eigenvalue weighted by molar-refractivity contribution is -0.309. The molecule has 10 nitrogen and oxygen atoms in total. The summed E-state index contributed by atoms with van der Waals surface area (Å²) in [6.45, 7) is 16.1. The number of carbonyl (C=O) groups is 1. The molecule has 3 N–H and O–H groups in total. The molecule has 9 aliphatic rings. The van der Waals surface area contributed by atoms with Gasteiger partial charge in [0.1, 0.15) is 36.1 Å². The summed E-state index contributed by atoms with van der Waals surface area (Å²) in [6, 6.07) is 0. The molecule has 0 bridgehead atoms. The highest BCUT2D eigenvalue weighted by molar-refractivity contribution is 5.66. The van der Waals surface area contributed by atoms with Crippen LogP contribution in [0.3, 0.4) is 0 Å². The molecule has 4 saturated heterocycles. The van der Waals surface area contributed by atoms with E-state index in [1.807, 2.05) is 0 Å². The molecule has 264 valence electrons. The van der Waals surface area contributed by atoms with Gasteiger partial charge in [-0.25, -0.2) is 0 Å². The first-order valence-electron chi connectivity index (χ1n) is 18.5. The van der Waals surface area contributed by atoms with Gasteiger partial charge < -0.3 is 43.7 Å². The Kier molecular flexibility index (Phi) is 6.50. The average molecular weight is 661 g/mol. The number of aliphatic hydroxyl groups excluding tert-OH is 3. The Labute approximate surface area is 278 Å². The summed E-state index contributed by atoms with van der Waals surface area (Å²) >= 11 is 0. The molecule has 3 spiro atoms. The van der Waals surface area contributed by atoms with Crippen molar-refractivity contribution in [2.45, 2.75) is 160 Å². The van der Waals surface area contributed by atoms with Crippen molar-refractivity contribution in [2.24, 2.45) is 50.7 Å². The van der Waals surface area contributed by atoms with Crippen LogP contribution in [-0.4, -0.2) is 94.9 Å². The van der Waals surface area contributed by atoms with E-state index < -0.39 is 30.4 Å². The number of hydrogen-bond acceptors (Lipinski definition) is 10. The maximum Gasteiger partial charge on any atom is 0.302 e. The topological polar surface area (TPSA) is 136 Å². The minimum absolute atomic E-state index is 0.00697. The van der Waals surface area contributed by atoms with Gasteiger partial charge in [0, 0.05) is 18.8 Å². The number of carbonyl (C=O) groups excluding carboxylic acids is 1. The molecule has 0 aromatic carbocycles. The zero-order chi connectivity index (χ0) is 33.3. The van der Waals surface area contributed by atoms with Gasteiger partial charge in [0.15, 0.2) is 12.1 Å². The number of esters is 1. The van der Waals surface area contributed by atoms with E-state index in [1.165, 1.54) is 0 Å². The summed E-state index contributed by atoms with van der Waals surface area (Å²) in [6.07, 6.45) is 2.89. The minimum Gasteiger partial charge on any atom is -0.462 e. The Hall–Kier alpha value is -0.850. The van der Waals surface area contributed by atoms with Crippen LogP contribution in [0.2, 0.25) is 0 Å². The maximum absolute atomic E-state index is 12.9. The van der Waals surface area contributed by atoms with Crippen LogP contribution in [0.25, 0.3) is 0 Å². The average Bonchev–Trinajstić information content (AvgIpc) is 3.81. The zero-order valence-electron chi connectivity index (χ0n) is 29.2. The molecule has 5 saturated carbocycles. The first kappa shape index (κ1) is 32.1. The molecular weight excluding hydrogens is 604 g/mol. The van der Waals surface area contributed by atoms with Crippen molar-refractivity contribution in [2.75, 3.05) is 13.2 Å². The van der Waals surface area contributed by atoms with Crippen LogP contribution in [-0.2, 0) is 33.2 Å². The van der Waals surface area contributed by atoms with Crippen LogP contribution < -0.4 is 0 Å². The molecule has 18 atom stereocenters. The monoisotopic (exact) mass is 660 g/mol. The van der Waals surface area contributed by atoms with Gasteiger partial charge in [-0.2, -0.15) is 0 Å². The molecule has 0 aromatic heterocycles. The van der Waals surface area contributed by atoms with E-state index >= 15 is 0 Å². The van der Waals surface area contributed by atoms with E-state index in [0.717, 1.165) is 51.4 Å². The second-order valence-corrected chi connectivity index (χ2v) is 18.9. The molecule has 5 aliphatic carbocycles. The number of aliphatic hydroxyl groups is 3. The van der Waals surface area contributed by atoms with Gasteiger partial charge in [0.05, 0.1) is 25.4 Å². The molecule has 47 heavy (non-hydrogen) atoms. The lowest BCUT2D eigenvalue weighted by Crippen LogP contribution is -2.64. The van der Waals surface area contributed by atoms with Crippen LogP contribution in [0.1, 0.15) is 99.8 Å². The highest BCUT2D eigenvalue weighted by Crippen LogP contribution is 2.89. The van der Waals surface area contributed by atoms with Gasteiger partial charge in [-0.15, -0.1) is 0 Å². The summed E-state index contributed by atoms with van der Waals surface area (Å²) in [7, 11) is 0. The van der Waals surface area contributed by atoms with Gasteiger partial charge in [-0.05, 0) is 97.2 Å². The summed E-state index contributed by atoms with van der Waals surface area (Å²) in [5.41, 5.74) is -0.492. The number of epoxide rings is 1. The summed E-state index contributed by atoms with van der Waals surface area (Å²) in [4.78, 5) is 12.9. The Bertz CT molecular complexity index is 1360. The van der Waals surface area contributed by atoms with E-state index in [0.29, 0.717) is 24.4 Å². The van der Waals surface area contributed by atoms with Crippen molar-refractivity contribution in [1.82, 2.24) is 0 Å². The largest absolute Gasteiger partial charge is 0.462 e. The minimum atomic E-state index is -1.29. The van der Waals surface area contributed by atoms with Crippen LogP contribution in [0.4, 0.5) is 0 Å². The predicted octanol–water partition coefficient (Wildman–Crippen LogP) is 3.71. The van der Waals surface area contributed by atoms with Gasteiger partial charge in [0.25, 0.3) is 0 Å². The third-order valence-electron chi connectivity index (χ3n) is 16.6. The molecule has 0 radical (unpaired) electrons. The van der Waals surface area contributed by atoms with Gasteiger partial charge in [-0.3, -0.25) is 4.79 Å². The van der Waals surface area contributed by atoms with Crippen molar-refractivity contribution in [3.8, 4) is 0 Å². The van der Waals surface area contributed by atoms with E-state index in [4.69, 9.17) is 28.4 Å². The second kappa shape index (κ2) is 9.52. The molecule has 9 rings (SSSR count). The third-order valence-corrected chi connectivity index (χ3v) is 16.6. The fourth-order valence-electron chi connectivity index (χ4n) is 14.6. The fraction of sp³-hybridized carbons (Fsp3) is 0.973. The van der Waals surface area contributed by atoms with E-state index in [1.54, 1.807) is 6.92 Å². The molecule has 0 aromatic rings. The SMILES string of the molecule is CC(=O)O[C@@H]1C[C@@]23C[C@@]24CC[C@H](OC2OC[C@@H](O)[C@H](O)[C@H]2O)C(C)(C)[C@@H]4CC[C@H]3[C@]2(C)CC3OC4(C[C@@H](C)C3[C@@]12C)OCC1(C)OC14. The highest BCUT2D eigenvalue weighted by Gasteiger charge is 2.86. The molecule has 6 unspecified atom stereocenters. The van der Waals surface area contributed by atoms with Crippen LogP contribution in [0.15, 0.2) is 0 Å². The first-order chi connectivity index (χ1) is 22.0. The normalized spacial score (nSPS) is 62.8. The highest BCUT2D eigenvalue weighted by atomic mass is 16.8. The third kappa shape index (κ3) is 3.78. The molecule has 4 heterocycles. The summed E-state index contributed by atoms with van der Waals surface area (Å²) in [5.74, 6) is 0.642.